The Hall–Kier alpha value is -3.65. The molecule has 0 spiro atoms. The summed E-state index contributed by atoms with van der Waals surface area (Å²) in [6.07, 6.45) is 0. The molecule has 1 aromatic heterocycles. The third-order valence-electron chi connectivity index (χ3n) is 5.32. The van der Waals surface area contributed by atoms with E-state index < -0.39 is 0 Å². The quantitative estimate of drug-likeness (QED) is 0.347. The summed E-state index contributed by atoms with van der Waals surface area (Å²) in [5.41, 5.74) is 6.06. The summed E-state index contributed by atoms with van der Waals surface area (Å²) >= 11 is 1.25. The van der Waals surface area contributed by atoms with E-state index in [-0.39, 0.29) is 29.9 Å². The molecule has 174 valence electrons. The lowest BCUT2D eigenvalue weighted by Crippen LogP contribution is -2.21. The van der Waals surface area contributed by atoms with Gasteiger partial charge in [-0.1, -0.05) is 41.6 Å². The molecule has 0 unspecified atom stereocenters. The van der Waals surface area contributed by atoms with E-state index in [0.717, 1.165) is 33.4 Å². The van der Waals surface area contributed by atoms with Gasteiger partial charge in [-0.3, -0.25) is 9.59 Å². The maximum atomic E-state index is 13.1. The summed E-state index contributed by atoms with van der Waals surface area (Å²) in [4.78, 5) is 30.0. The van der Waals surface area contributed by atoms with Crippen LogP contribution in [0.3, 0.4) is 0 Å². The molecule has 3 aromatic carbocycles. The maximum absolute atomic E-state index is 13.1. The molecule has 0 aliphatic rings. The number of hydrogen-bond donors (Lipinski definition) is 2. The van der Waals surface area contributed by atoms with Gasteiger partial charge in [0.05, 0.1) is 16.8 Å². The van der Waals surface area contributed by atoms with E-state index in [4.69, 9.17) is 0 Å². The van der Waals surface area contributed by atoms with Crippen LogP contribution in [0.1, 0.15) is 16.7 Å². The Morgan fingerprint density at radius 2 is 1.62 bits per heavy atom. The number of imidazole rings is 1. The van der Waals surface area contributed by atoms with Crippen molar-refractivity contribution >= 4 is 46.0 Å². The molecule has 0 bridgehead atoms. The van der Waals surface area contributed by atoms with Crippen molar-refractivity contribution in [2.24, 2.45) is 0 Å². The highest BCUT2D eigenvalue weighted by molar-refractivity contribution is 7.99. The molecule has 2 amide bonds. The van der Waals surface area contributed by atoms with Gasteiger partial charge < -0.3 is 15.2 Å². The number of nitrogens with one attached hydrogen (secondary N) is 2. The Labute approximate surface area is 201 Å². The zero-order valence-electron chi connectivity index (χ0n) is 19.2. The lowest BCUT2D eigenvalue weighted by Gasteiger charge is -2.14. The highest BCUT2D eigenvalue weighted by Crippen LogP contribution is 2.26. The van der Waals surface area contributed by atoms with Gasteiger partial charge in [0, 0.05) is 11.4 Å². The molecule has 4 aromatic rings. The first-order valence-corrected chi connectivity index (χ1v) is 11.8. The first-order valence-electron chi connectivity index (χ1n) is 10.8. The normalized spacial score (nSPS) is 10.9. The highest BCUT2D eigenvalue weighted by Gasteiger charge is 2.17. The predicted octanol–water partition coefficient (Wildman–Crippen LogP) is 5.47. The standard InChI is InChI=1S/C26H25FN4O2S/c1-16-12-17(2)25(18(3)13-16)30-23(32)14-31-22-7-5-4-6-21(22)29-26(31)34-15-24(33)28-20-10-8-19(27)9-11-20/h4-13H,14-15H2,1-3H3,(H,28,33)(H,30,32). The average Bonchev–Trinajstić information content (AvgIpc) is 3.14. The van der Waals surface area contributed by atoms with E-state index >= 15 is 0 Å². The van der Waals surface area contributed by atoms with Gasteiger partial charge in [-0.25, -0.2) is 9.37 Å². The van der Waals surface area contributed by atoms with Crippen LogP contribution < -0.4 is 10.6 Å². The number of hydrogen-bond acceptors (Lipinski definition) is 4. The molecule has 6 nitrogen and oxygen atoms in total. The molecule has 1 heterocycles. The number of rotatable bonds is 7. The van der Waals surface area contributed by atoms with E-state index in [2.05, 4.69) is 15.6 Å². The molecule has 0 fully saturated rings. The van der Waals surface area contributed by atoms with Gasteiger partial charge >= 0.3 is 0 Å². The third-order valence-corrected chi connectivity index (χ3v) is 6.30. The summed E-state index contributed by atoms with van der Waals surface area (Å²) in [5, 5.41) is 6.34. The smallest absolute Gasteiger partial charge is 0.244 e. The number of benzene rings is 3. The average molecular weight is 477 g/mol. The lowest BCUT2D eigenvalue weighted by molar-refractivity contribution is -0.117. The summed E-state index contributed by atoms with van der Waals surface area (Å²) in [6.45, 7) is 6.04. The van der Waals surface area contributed by atoms with E-state index in [1.54, 1.807) is 0 Å². The van der Waals surface area contributed by atoms with Crippen molar-refractivity contribution in [2.75, 3.05) is 16.4 Å². The van der Waals surface area contributed by atoms with Crippen LogP contribution in [-0.4, -0.2) is 27.1 Å². The largest absolute Gasteiger partial charge is 0.325 e. The number of halogens is 1. The Balaban J connectivity index is 1.50. The highest BCUT2D eigenvalue weighted by atomic mass is 32.2. The van der Waals surface area contributed by atoms with Crippen molar-refractivity contribution in [1.29, 1.82) is 0 Å². The first kappa shape index (κ1) is 23.5. The Morgan fingerprint density at radius 3 is 2.32 bits per heavy atom. The third kappa shape index (κ3) is 5.46. The Bertz CT molecular complexity index is 1340. The molecule has 34 heavy (non-hydrogen) atoms. The van der Waals surface area contributed by atoms with Gasteiger partial charge in [0.1, 0.15) is 12.4 Å². The van der Waals surface area contributed by atoms with Gasteiger partial charge in [0.25, 0.3) is 0 Å². The number of carbonyl (C=O) groups is 2. The molecule has 8 heteroatoms. The Kier molecular flexibility index (Phi) is 6.98. The predicted molar refractivity (Wildman–Crippen MR) is 135 cm³/mol. The van der Waals surface area contributed by atoms with Crippen LogP contribution in [-0.2, 0) is 16.1 Å². The van der Waals surface area contributed by atoms with Crippen LogP contribution >= 0.6 is 11.8 Å². The molecule has 2 N–H and O–H groups in total. The number of aryl methyl sites for hydroxylation is 3. The van der Waals surface area contributed by atoms with Gasteiger partial charge in [0.2, 0.25) is 11.8 Å². The van der Waals surface area contributed by atoms with Gasteiger partial charge in [0.15, 0.2) is 5.16 Å². The van der Waals surface area contributed by atoms with E-state index in [1.807, 2.05) is 61.7 Å². The maximum Gasteiger partial charge on any atom is 0.244 e. The van der Waals surface area contributed by atoms with E-state index in [1.165, 1.54) is 36.0 Å². The van der Waals surface area contributed by atoms with Crippen LogP contribution in [0, 0.1) is 26.6 Å². The summed E-state index contributed by atoms with van der Waals surface area (Å²) in [7, 11) is 0. The van der Waals surface area contributed by atoms with Crippen molar-refractivity contribution in [2.45, 2.75) is 32.5 Å². The van der Waals surface area contributed by atoms with Crippen LogP contribution in [0.5, 0.6) is 0 Å². The summed E-state index contributed by atoms with van der Waals surface area (Å²) < 4.78 is 14.9. The molecule has 0 atom stereocenters. The fourth-order valence-corrected chi connectivity index (χ4v) is 4.69. The minimum absolute atomic E-state index is 0.0647. The van der Waals surface area contributed by atoms with E-state index in [9.17, 15) is 14.0 Å². The molecule has 0 radical (unpaired) electrons. The number of para-hydroxylation sites is 2. The minimum atomic E-state index is -0.365. The molecule has 0 aliphatic heterocycles. The number of fused-ring (bicyclic) bond motifs is 1. The fraction of sp³-hybridized carbons (Fsp3) is 0.192. The summed E-state index contributed by atoms with van der Waals surface area (Å²) in [5.74, 6) is -0.685. The zero-order valence-corrected chi connectivity index (χ0v) is 20.0. The van der Waals surface area contributed by atoms with Crippen LogP contribution in [0.15, 0.2) is 65.8 Å². The topological polar surface area (TPSA) is 76.0 Å². The second kappa shape index (κ2) is 10.1. The zero-order chi connectivity index (χ0) is 24.2. The Morgan fingerprint density at radius 1 is 0.941 bits per heavy atom. The van der Waals surface area contributed by atoms with Crippen LogP contribution in [0.4, 0.5) is 15.8 Å². The van der Waals surface area contributed by atoms with Crippen molar-refractivity contribution < 1.29 is 14.0 Å². The number of carbonyl (C=O) groups excluding carboxylic acids is 2. The van der Waals surface area contributed by atoms with E-state index in [0.29, 0.717) is 10.8 Å². The first-order chi connectivity index (χ1) is 16.3. The molecular weight excluding hydrogens is 451 g/mol. The monoisotopic (exact) mass is 476 g/mol. The second-order valence-corrected chi connectivity index (χ2v) is 9.08. The van der Waals surface area contributed by atoms with Crippen LogP contribution in [0.25, 0.3) is 11.0 Å². The number of thioether (sulfide) groups is 1. The molecule has 4 rings (SSSR count). The van der Waals surface area contributed by atoms with Crippen molar-refractivity contribution in [3.8, 4) is 0 Å². The van der Waals surface area contributed by atoms with Crippen molar-refractivity contribution in [3.63, 3.8) is 0 Å². The lowest BCUT2D eigenvalue weighted by atomic mass is 10.1. The molecular formula is C26H25FN4O2S. The number of nitrogens with zero attached hydrogens (tertiary/aromatic N) is 2. The fourth-order valence-electron chi connectivity index (χ4n) is 3.88. The van der Waals surface area contributed by atoms with Gasteiger partial charge in [-0.2, -0.15) is 0 Å². The molecule has 0 aliphatic carbocycles. The van der Waals surface area contributed by atoms with Gasteiger partial charge in [-0.05, 0) is 68.3 Å². The number of anilines is 2. The molecule has 0 saturated carbocycles. The second-order valence-electron chi connectivity index (χ2n) is 8.13. The SMILES string of the molecule is Cc1cc(C)c(NC(=O)Cn2c(SCC(=O)Nc3ccc(F)cc3)nc3ccccc32)c(C)c1. The minimum Gasteiger partial charge on any atom is -0.325 e. The molecule has 0 saturated heterocycles. The summed E-state index contributed by atoms with van der Waals surface area (Å²) in [6, 6.07) is 17.2. The van der Waals surface area contributed by atoms with Crippen LogP contribution in [0.2, 0.25) is 0 Å². The number of aromatic nitrogens is 2. The van der Waals surface area contributed by atoms with Gasteiger partial charge in [-0.15, -0.1) is 0 Å². The van der Waals surface area contributed by atoms with Crippen molar-refractivity contribution in [3.05, 3.63) is 83.2 Å². The number of amides is 2. The van der Waals surface area contributed by atoms with Crippen molar-refractivity contribution in [1.82, 2.24) is 9.55 Å².